The van der Waals surface area contributed by atoms with E-state index in [0.29, 0.717) is 5.56 Å². The fourth-order valence-corrected chi connectivity index (χ4v) is 2.11. The highest BCUT2D eigenvalue weighted by Crippen LogP contribution is 2.20. The molecule has 4 nitrogen and oxygen atoms in total. The molecule has 0 aliphatic rings. The number of rotatable bonds is 1. The van der Waals surface area contributed by atoms with Gasteiger partial charge < -0.3 is 5.11 Å². The largest absolute Gasteiger partial charge is 0.478 e. The summed E-state index contributed by atoms with van der Waals surface area (Å²) >= 11 is 2.09. The van der Waals surface area contributed by atoms with Gasteiger partial charge in [-0.3, -0.25) is 4.68 Å². The Bertz CT molecular complexity index is 519. The molecule has 0 fully saturated rings. The minimum atomic E-state index is -0.911. The Morgan fingerprint density at radius 2 is 2.29 bits per heavy atom. The van der Waals surface area contributed by atoms with Gasteiger partial charge in [0.1, 0.15) is 3.70 Å². The van der Waals surface area contributed by atoms with Crippen LogP contribution in [-0.4, -0.2) is 20.9 Å². The SMILES string of the molecule is Cn1nc(I)c2cc(C(=O)O)ccc21. The second-order valence-electron chi connectivity index (χ2n) is 2.95. The van der Waals surface area contributed by atoms with Crippen molar-refractivity contribution in [2.45, 2.75) is 0 Å². The third kappa shape index (κ3) is 1.37. The van der Waals surface area contributed by atoms with Crippen molar-refractivity contribution in [3.8, 4) is 0 Å². The average Bonchev–Trinajstić information content (AvgIpc) is 2.42. The quantitative estimate of drug-likeness (QED) is 0.818. The molecule has 0 aliphatic carbocycles. The summed E-state index contributed by atoms with van der Waals surface area (Å²) in [5, 5.41) is 13.9. The number of nitrogens with zero attached hydrogens (tertiary/aromatic N) is 2. The molecule has 2 aromatic rings. The summed E-state index contributed by atoms with van der Waals surface area (Å²) in [7, 11) is 1.84. The number of halogens is 1. The van der Waals surface area contributed by atoms with Crippen molar-refractivity contribution in [1.29, 1.82) is 0 Å². The molecule has 72 valence electrons. The zero-order valence-corrected chi connectivity index (χ0v) is 9.52. The molecule has 0 amide bonds. The number of hydrogen-bond acceptors (Lipinski definition) is 2. The standard InChI is InChI=1S/C9H7IN2O2/c1-12-7-3-2-5(9(13)14)4-6(7)8(10)11-12/h2-4H,1H3,(H,13,14). The summed E-state index contributed by atoms with van der Waals surface area (Å²) in [6.07, 6.45) is 0. The van der Waals surface area contributed by atoms with E-state index in [1.165, 1.54) is 0 Å². The maximum atomic E-state index is 10.7. The monoisotopic (exact) mass is 302 g/mol. The lowest BCUT2D eigenvalue weighted by Gasteiger charge is -1.95. The van der Waals surface area contributed by atoms with Crippen LogP contribution in [0.5, 0.6) is 0 Å². The highest BCUT2D eigenvalue weighted by Gasteiger charge is 2.09. The van der Waals surface area contributed by atoms with Crippen LogP contribution in [0.1, 0.15) is 10.4 Å². The Labute approximate surface area is 93.7 Å². The highest BCUT2D eigenvalue weighted by atomic mass is 127. The van der Waals surface area contributed by atoms with E-state index in [0.717, 1.165) is 14.6 Å². The van der Waals surface area contributed by atoms with Crippen LogP contribution in [0.4, 0.5) is 0 Å². The Morgan fingerprint density at radius 3 is 2.93 bits per heavy atom. The smallest absolute Gasteiger partial charge is 0.335 e. The van der Waals surface area contributed by atoms with Gasteiger partial charge in [-0.05, 0) is 40.8 Å². The fraction of sp³-hybridized carbons (Fsp3) is 0.111. The van der Waals surface area contributed by atoms with Crippen molar-refractivity contribution < 1.29 is 9.90 Å². The predicted octanol–water partition coefficient (Wildman–Crippen LogP) is 1.88. The zero-order chi connectivity index (χ0) is 10.3. The van der Waals surface area contributed by atoms with Crippen LogP contribution in [-0.2, 0) is 7.05 Å². The number of hydrogen-bond donors (Lipinski definition) is 1. The van der Waals surface area contributed by atoms with Crippen LogP contribution in [0.2, 0.25) is 0 Å². The van der Waals surface area contributed by atoms with Gasteiger partial charge in [-0.25, -0.2) is 4.79 Å². The molecule has 0 unspecified atom stereocenters. The molecule has 14 heavy (non-hydrogen) atoms. The van der Waals surface area contributed by atoms with Crippen molar-refractivity contribution in [2.24, 2.45) is 7.05 Å². The lowest BCUT2D eigenvalue weighted by Crippen LogP contribution is -1.95. The lowest BCUT2D eigenvalue weighted by molar-refractivity contribution is 0.0697. The molecule has 0 saturated carbocycles. The molecule has 0 atom stereocenters. The number of carboxylic acid groups (broad SMARTS) is 1. The molecule has 0 aliphatic heterocycles. The van der Waals surface area contributed by atoms with Crippen molar-refractivity contribution in [3.05, 3.63) is 27.5 Å². The Kier molecular flexibility index (Phi) is 2.18. The van der Waals surface area contributed by atoms with E-state index in [1.807, 2.05) is 7.05 Å². The van der Waals surface area contributed by atoms with E-state index in [9.17, 15) is 4.79 Å². The van der Waals surface area contributed by atoms with E-state index < -0.39 is 5.97 Å². The number of carboxylic acids is 1. The Hall–Kier alpha value is -1.11. The third-order valence-corrected chi connectivity index (χ3v) is 2.85. The minimum Gasteiger partial charge on any atom is -0.478 e. The number of aromatic carboxylic acids is 1. The van der Waals surface area contributed by atoms with Gasteiger partial charge in [0, 0.05) is 12.4 Å². The van der Waals surface area contributed by atoms with Gasteiger partial charge in [0.15, 0.2) is 0 Å². The summed E-state index contributed by atoms with van der Waals surface area (Å²) < 4.78 is 2.56. The summed E-state index contributed by atoms with van der Waals surface area (Å²) in [4.78, 5) is 10.7. The molecule has 1 aromatic heterocycles. The van der Waals surface area contributed by atoms with Crippen LogP contribution >= 0.6 is 22.6 Å². The first-order valence-corrected chi connectivity index (χ1v) is 5.03. The number of fused-ring (bicyclic) bond motifs is 1. The van der Waals surface area contributed by atoms with E-state index in [4.69, 9.17) is 5.11 Å². The van der Waals surface area contributed by atoms with E-state index in [-0.39, 0.29) is 0 Å². The van der Waals surface area contributed by atoms with Crippen LogP contribution in [0.3, 0.4) is 0 Å². The van der Waals surface area contributed by atoms with Gasteiger partial charge in [0.2, 0.25) is 0 Å². The average molecular weight is 302 g/mol. The normalized spacial score (nSPS) is 10.7. The van der Waals surface area contributed by atoms with Crippen molar-refractivity contribution in [2.75, 3.05) is 0 Å². The van der Waals surface area contributed by atoms with Crippen molar-refractivity contribution in [3.63, 3.8) is 0 Å². The lowest BCUT2D eigenvalue weighted by atomic mass is 10.2. The molecule has 0 spiro atoms. The summed E-state index contributed by atoms with van der Waals surface area (Å²) in [6.45, 7) is 0. The molecular weight excluding hydrogens is 295 g/mol. The summed E-state index contributed by atoms with van der Waals surface area (Å²) in [5.41, 5.74) is 1.24. The Balaban J connectivity index is 2.77. The number of aromatic nitrogens is 2. The molecule has 1 N–H and O–H groups in total. The molecule has 2 rings (SSSR count). The van der Waals surface area contributed by atoms with Gasteiger partial charge in [-0.1, -0.05) is 0 Å². The predicted molar refractivity (Wildman–Crippen MR) is 60.4 cm³/mol. The fourth-order valence-electron chi connectivity index (χ4n) is 1.36. The maximum Gasteiger partial charge on any atom is 0.335 e. The first kappa shape index (κ1) is 9.45. The van der Waals surface area contributed by atoms with E-state index in [1.54, 1.807) is 22.9 Å². The summed E-state index contributed by atoms with van der Waals surface area (Å²) in [5.74, 6) is -0.911. The van der Waals surface area contributed by atoms with Crippen LogP contribution in [0, 0.1) is 3.70 Å². The minimum absolute atomic E-state index is 0.295. The zero-order valence-electron chi connectivity index (χ0n) is 7.36. The molecule has 1 aromatic carbocycles. The van der Waals surface area contributed by atoms with Crippen molar-refractivity contribution >= 4 is 39.5 Å². The van der Waals surface area contributed by atoms with Gasteiger partial charge in [0.25, 0.3) is 0 Å². The van der Waals surface area contributed by atoms with Crippen LogP contribution < -0.4 is 0 Å². The first-order valence-electron chi connectivity index (χ1n) is 3.95. The maximum absolute atomic E-state index is 10.7. The number of carbonyl (C=O) groups is 1. The molecule has 1 heterocycles. The molecule has 0 radical (unpaired) electrons. The first-order chi connectivity index (χ1) is 6.59. The third-order valence-electron chi connectivity index (χ3n) is 2.05. The molecule has 5 heteroatoms. The van der Waals surface area contributed by atoms with Gasteiger partial charge in [-0.15, -0.1) is 0 Å². The van der Waals surface area contributed by atoms with Crippen molar-refractivity contribution in [1.82, 2.24) is 9.78 Å². The topological polar surface area (TPSA) is 55.1 Å². The molecular formula is C9H7IN2O2. The van der Waals surface area contributed by atoms with Crippen LogP contribution in [0.25, 0.3) is 10.9 Å². The highest BCUT2D eigenvalue weighted by molar-refractivity contribution is 14.1. The van der Waals surface area contributed by atoms with Crippen LogP contribution in [0.15, 0.2) is 18.2 Å². The van der Waals surface area contributed by atoms with Gasteiger partial charge >= 0.3 is 5.97 Å². The van der Waals surface area contributed by atoms with Gasteiger partial charge in [0.05, 0.1) is 11.1 Å². The molecule has 0 saturated heterocycles. The number of aryl methyl sites for hydroxylation is 1. The van der Waals surface area contributed by atoms with Gasteiger partial charge in [-0.2, -0.15) is 5.10 Å². The Morgan fingerprint density at radius 1 is 1.57 bits per heavy atom. The summed E-state index contributed by atoms with van der Waals surface area (Å²) in [6, 6.07) is 5.00. The number of benzene rings is 1. The second kappa shape index (κ2) is 3.23. The second-order valence-corrected chi connectivity index (χ2v) is 3.97. The molecule has 0 bridgehead atoms. The van der Waals surface area contributed by atoms with E-state index in [2.05, 4.69) is 27.7 Å². The van der Waals surface area contributed by atoms with E-state index >= 15 is 0 Å².